The number of nitrogens with zero attached hydrogens (tertiary/aromatic N) is 2. The lowest BCUT2D eigenvalue weighted by Crippen LogP contribution is -2.41. The second-order valence-corrected chi connectivity index (χ2v) is 14.2. The Balaban J connectivity index is 1.92. The van der Waals surface area contributed by atoms with E-state index in [0.29, 0.717) is 18.2 Å². The van der Waals surface area contributed by atoms with Crippen molar-refractivity contribution in [2.45, 2.75) is 63.6 Å². The highest BCUT2D eigenvalue weighted by Gasteiger charge is 2.47. The van der Waals surface area contributed by atoms with Crippen molar-refractivity contribution in [3.05, 3.63) is 29.8 Å². The lowest BCUT2D eigenvalue weighted by molar-refractivity contribution is 0.0642. The zero-order valence-electron chi connectivity index (χ0n) is 17.9. The fourth-order valence-electron chi connectivity index (χ4n) is 4.93. The van der Waals surface area contributed by atoms with Gasteiger partial charge in [-0.15, -0.1) is 0 Å². The molecule has 2 atom stereocenters. The zero-order valence-corrected chi connectivity index (χ0v) is 18.9. The third-order valence-corrected chi connectivity index (χ3v) is 8.42. The Morgan fingerprint density at radius 3 is 1.74 bits per heavy atom. The van der Waals surface area contributed by atoms with Crippen LogP contribution < -0.4 is 5.19 Å². The summed E-state index contributed by atoms with van der Waals surface area (Å²) in [6.07, 6.45) is 5.66. The first-order valence-corrected chi connectivity index (χ1v) is 14.1. The average Bonchev–Trinajstić information content (AvgIpc) is 2.97. The molecule has 0 aromatic heterocycles. The van der Waals surface area contributed by atoms with Crippen LogP contribution in [-0.2, 0) is 9.47 Å². The van der Waals surface area contributed by atoms with E-state index in [-0.39, 0.29) is 0 Å². The number of ether oxygens (including phenoxy) is 2. The van der Waals surface area contributed by atoms with Crippen molar-refractivity contribution in [2.24, 2.45) is 0 Å². The van der Waals surface area contributed by atoms with E-state index in [0.717, 1.165) is 26.3 Å². The molecule has 1 saturated carbocycles. The summed E-state index contributed by atoms with van der Waals surface area (Å²) in [6, 6.07) is 10.8. The Morgan fingerprint density at radius 2 is 1.33 bits per heavy atom. The standard InChI is InChI=1S/C22H38N2O2Si/c1-25-16-14-23-20-8-6-7-9-21(20)24(15-17-26-2)22(23)18-10-12-19(13-11-18)27(3,4)5/h10-13,20-22H,6-9,14-17H2,1-5H3/t20-,21-/m1/s1. The minimum absolute atomic E-state index is 0.346. The number of methoxy groups -OCH3 is 2. The Morgan fingerprint density at radius 1 is 0.852 bits per heavy atom. The van der Waals surface area contributed by atoms with Gasteiger partial charge in [-0.05, 0) is 18.4 Å². The van der Waals surface area contributed by atoms with Crippen molar-refractivity contribution in [3.8, 4) is 0 Å². The third kappa shape index (κ3) is 4.65. The average molecular weight is 391 g/mol. The minimum Gasteiger partial charge on any atom is -0.383 e. The predicted molar refractivity (Wildman–Crippen MR) is 115 cm³/mol. The van der Waals surface area contributed by atoms with E-state index >= 15 is 0 Å². The van der Waals surface area contributed by atoms with Gasteiger partial charge in [-0.1, -0.05) is 61.9 Å². The molecular weight excluding hydrogens is 352 g/mol. The van der Waals surface area contributed by atoms with Crippen LogP contribution >= 0.6 is 0 Å². The van der Waals surface area contributed by atoms with E-state index in [1.807, 2.05) is 14.2 Å². The maximum atomic E-state index is 5.47. The lowest BCUT2D eigenvalue weighted by Gasteiger charge is -2.32. The number of hydrogen-bond acceptors (Lipinski definition) is 4. The van der Waals surface area contributed by atoms with Crippen molar-refractivity contribution in [1.29, 1.82) is 0 Å². The molecule has 1 aromatic rings. The molecular formula is C22H38N2O2Si. The van der Waals surface area contributed by atoms with Crippen LogP contribution in [0.3, 0.4) is 0 Å². The highest BCUT2D eigenvalue weighted by atomic mass is 28.3. The maximum absolute atomic E-state index is 5.47. The van der Waals surface area contributed by atoms with E-state index in [1.165, 1.54) is 36.4 Å². The molecule has 0 unspecified atom stereocenters. The Labute approximate surface area is 166 Å². The number of rotatable bonds is 8. The fourth-order valence-corrected chi connectivity index (χ4v) is 6.09. The molecule has 0 spiro atoms. The fraction of sp³-hybridized carbons (Fsp3) is 0.727. The molecule has 152 valence electrons. The first-order chi connectivity index (χ1) is 13.0. The van der Waals surface area contributed by atoms with Crippen molar-refractivity contribution < 1.29 is 9.47 Å². The monoisotopic (exact) mass is 390 g/mol. The molecule has 0 amide bonds. The molecule has 2 aliphatic rings. The van der Waals surface area contributed by atoms with E-state index < -0.39 is 8.07 Å². The molecule has 3 rings (SSSR count). The molecule has 1 saturated heterocycles. The lowest BCUT2D eigenvalue weighted by atomic mass is 9.90. The Kier molecular flexibility index (Phi) is 7.14. The molecule has 5 heteroatoms. The van der Waals surface area contributed by atoms with E-state index in [2.05, 4.69) is 53.7 Å². The zero-order chi connectivity index (χ0) is 19.4. The minimum atomic E-state index is -1.27. The molecule has 1 aromatic carbocycles. The summed E-state index contributed by atoms with van der Waals surface area (Å²) in [5.74, 6) is 0. The molecule has 0 bridgehead atoms. The smallest absolute Gasteiger partial charge is 0.0893 e. The quantitative estimate of drug-likeness (QED) is 0.635. The van der Waals surface area contributed by atoms with Crippen LogP contribution in [0.1, 0.15) is 37.4 Å². The largest absolute Gasteiger partial charge is 0.383 e. The first kappa shape index (κ1) is 21.0. The van der Waals surface area contributed by atoms with Crippen LogP contribution in [-0.4, -0.2) is 70.5 Å². The molecule has 1 aliphatic carbocycles. The first-order valence-electron chi connectivity index (χ1n) is 10.6. The molecule has 27 heavy (non-hydrogen) atoms. The summed E-state index contributed by atoms with van der Waals surface area (Å²) in [7, 11) is 2.36. The van der Waals surface area contributed by atoms with Gasteiger partial charge in [0.05, 0.1) is 27.5 Å². The summed E-state index contributed by atoms with van der Waals surface area (Å²) in [4.78, 5) is 5.43. The van der Waals surface area contributed by atoms with Gasteiger partial charge < -0.3 is 9.47 Å². The topological polar surface area (TPSA) is 24.9 Å². The molecule has 1 heterocycles. The van der Waals surface area contributed by atoms with Crippen LogP contribution in [0.25, 0.3) is 0 Å². The van der Waals surface area contributed by atoms with Crippen molar-refractivity contribution >= 4 is 13.3 Å². The van der Waals surface area contributed by atoms with E-state index in [4.69, 9.17) is 9.47 Å². The van der Waals surface area contributed by atoms with Crippen LogP contribution in [0, 0.1) is 0 Å². The van der Waals surface area contributed by atoms with Gasteiger partial charge >= 0.3 is 0 Å². The normalized spacial score (nSPS) is 25.1. The van der Waals surface area contributed by atoms with Crippen molar-refractivity contribution in [3.63, 3.8) is 0 Å². The number of benzene rings is 1. The highest BCUT2D eigenvalue weighted by molar-refractivity contribution is 6.88. The SMILES string of the molecule is COCCN1C(c2ccc([Si](C)(C)C)cc2)N(CCOC)[C@@H]2CCCC[C@H]21. The predicted octanol–water partition coefficient (Wildman–Crippen LogP) is 3.45. The van der Waals surface area contributed by atoms with Crippen LogP contribution in [0.5, 0.6) is 0 Å². The van der Waals surface area contributed by atoms with Crippen molar-refractivity contribution in [2.75, 3.05) is 40.5 Å². The van der Waals surface area contributed by atoms with Crippen molar-refractivity contribution in [1.82, 2.24) is 9.80 Å². The maximum Gasteiger partial charge on any atom is 0.0893 e. The Bertz CT molecular complexity index is 563. The summed E-state index contributed by atoms with van der Waals surface area (Å²) in [6.45, 7) is 10.9. The molecule has 2 fully saturated rings. The number of hydrogen-bond donors (Lipinski definition) is 0. The van der Waals surface area contributed by atoms with Gasteiger partial charge in [-0.3, -0.25) is 9.80 Å². The van der Waals surface area contributed by atoms with E-state index in [9.17, 15) is 0 Å². The van der Waals surface area contributed by atoms with Gasteiger partial charge in [0, 0.05) is 39.4 Å². The van der Waals surface area contributed by atoms with Gasteiger partial charge in [0.25, 0.3) is 0 Å². The number of fused-ring (bicyclic) bond motifs is 1. The Hall–Kier alpha value is -0.723. The van der Waals surface area contributed by atoms with Gasteiger partial charge in [0.2, 0.25) is 0 Å². The second-order valence-electron chi connectivity index (χ2n) is 9.13. The summed E-state index contributed by atoms with van der Waals surface area (Å²) in [5.41, 5.74) is 1.43. The summed E-state index contributed by atoms with van der Waals surface area (Å²) < 4.78 is 10.9. The highest BCUT2D eigenvalue weighted by Crippen LogP contribution is 2.43. The summed E-state index contributed by atoms with van der Waals surface area (Å²) in [5, 5.41) is 1.54. The van der Waals surface area contributed by atoms with Gasteiger partial charge in [-0.2, -0.15) is 0 Å². The molecule has 0 radical (unpaired) electrons. The van der Waals surface area contributed by atoms with Gasteiger partial charge in [-0.25, -0.2) is 0 Å². The molecule has 4 nitrogen and oxygen atoms in total. The van der Waals surface area contributed by atoms with Crippen LogP contribution in [0.15, 0.2) is 24.3 Å². The van der Waals surface area contributed by atoms with Crippen LogP contribution in [0.4, 0.5) is 0 Å². The molecule has 0 N–H and O–H groups in total. The molecule has 1 aliphatic heterocycles. The van der Waals surface area contributed by atoms with Crippen LogP contribution in [0.2, 0.25) is 19.6 Å². The van der Waals surface area contributed by atoms with E-state index in [1.54, 1.807) is 0 Å². The van der Waals surface area contributed by atoms with Gasteiger partial charge in [0.15, 0.2) is 0 Å². The van der Waals surface area contributed by atoms with Gasteiger partial charge in [0.1, 0.15) is 0 Å². The summed E-state index contributed by atoms with van der Waals surface area (Å²) >= 11 is 0. The third-order valence-electron chi connectivity index (χ3n) is 6.36. The second kappa shape index (κ2) is 9.18.